The van der Waals surface area contributed by atoms with Crippen LogP contribution in [0.5, 0.6) is 0 Å². The second-order valence-electron chi connectivity index (χ2n) is 2.99. The first-order chi connectivity index (χ1) is 5.61. The maximum atomic E-state index is 11.4. The van der Waals surface area contributed by atoms with Gasteiger partial charge in [0.2, 0.25) is 12.4 Å². The number of pyridine rings is 1. The molecule has 0 radical (unpaired) electrons. The van der Waals surface area contributed by atoms with Crippen molar-refractivity contribution in [3.8, 4) is 0 Å². The summed E-state index contributed by atoms with van der Waals surface area (Å²) in [5.41, 5.74) is 0.635. The second kappa shape index (κ2) is 3.34. The number of rotatable bonds is 2. The number of hydrogen-bond donors (Lipinski definition) is 1. The van der Waals surface area contributed by atoms with E-state index < -0.39 is 0 Å². The Balaban J connectivity index is 2.90. The van der Waals surface area contributed by atoms with Gasteiger partial charge in [-0.05, 0) is 0 Å². The molecule has 0 fully saturated rings. The van der Waals surface area contributed by atoms with Gasteiger partial charge in [-0.15, -0.1) is 0 Å². The van der Waals surface area contributed by atoms with Gasteiger partial charge in [0.25, 0.3) is 0 Å². The van der Waals surface area contributed by atoms with Crippen LogP contribution in [0.25, 0.3) is 0 Å². The Hall–Kier alpha value is -1.38. The molecule has 0 unspecified atom stereocenters. The highest BCUT2D eigenvalue weighted by molar-refractivity contribution is 5.97. The smallest absolute Gasteiger partial charge is 0.222 e. The van der Waals surface area contributed by atoms with Crippen LogP contribution < -0.4 is 4.73 Å². The Morgan fingerprint density at radius 1 is 1.42 bits per heavy atom. The van der Waals surface area contributed by atoms with Gasteiger partial charge in [-0.3, -0.25) is 10.0 Å². The van der Waals surface area contributed by atoms with Crippen molar-refractivity contribution >= 4 is 5.78 Å². The highest BCUT2D eigenvalue weighted by atomic mass is 16.5. The maximum Gasteiger partial charge on any atom is 0.222 e. The summed E-state index contributed by atoms with van der Waals surface area (Å²) < 4.78 is 0.914. The molecule has 0 atom stereocenters. The lowest BCUT2D eigenvalue weighted by Crippen LogP contribution is -2.28. The van der Waals surface area contributed by atoms with Gasteiger partial charge in [-0.25, -0.2) is 0 Å². The van der Waals surface area contributed by atoms with Crippen molar-refractivity contribution in [2.45, 2.75) is 13.8 Å². The van der Waals surface area contributed by atoms with Gasteiger partial charge in [0.05, 0.1) is 0 Å². The van der Waals surface area contributed by atoms with E-state index in [-0.39, 0.29) is 11.7 Å². The van der Waals surface area contributed by atoms with Gasteiger partial charge in [-0.1, -0.05) is 13.8 Å². The number of hydrogen-bond acceptors (Lipinski definition) is 2. The minimum absolute atomic E-state index is 0.000423. The largest absolute Gasteiger partial charge is 0.294 e. The lowest BCUT2D eigenvalue weighted by atomic mass is 10.0. The molecule has 0 saturated heterocycles. The van der Waals surface area contributed by atoms with Crippen LogP contribution in [-0.4, -0.2) is 11.0 Å². The van der Waals surface area contributed by atoms with Crippen LogP contribution in [0.3, 0.4) is 0 Å². The number of aromatic nitrogens is 1. The molecule has 12 heavy (non-hydrogen) atoms. The number of Topliss-reactive ketones (excluding diaryl/α,β-unsaturated/α-hetero) is 1. The van der Waals surface area contributed by atoms with Crippen molar-refractivity contribution in [3.63, 3.8) is 0 Å². The van der Waals surface area contributed by atoms with Gasteiger partial charge in [0.1, 0.15) is 0 Å². The third kappa shape index (κ3) is 1.81. The SMILES string of the molecule is CC(C)C(=O)c1cc[n+](O)cc1. The first kappa shape index (κ1) is 8.71. The van der Waals surface area contributed by atoms with Crippen LogP contribution in [0.15, 0.2) is 24.5 Å². The zero-order chi connectivity index (χ0) is 9.14. The Kier molecular flexibility index (Phi) is 2.43. The number of nitrogens with zero attached hydrogens (tertiary/aromatic N) is 1. The molecule has 1 aromatic heterocycles. The van der Waals surface area contributed by atoms with Crippen molar-refractivity contribution in [2.24, 2.45) is 5.92 Å². The first-order valence-corrected chi connectivity index (χ1v) is 3.86. The Morgan fingerprint density at radius 3 is 2.33 bits per heavy atom. The molecular formula is C9H12NO2+. The predicted molar refractivity (Wildman–Crippen MR) is 43.0 cm³/mol. The fourth-order valence-electron chi connectivity index (χ4n) is 0.916. The Labute approximate surface area is 71.2 Å². The highest BCUT2D eigenvalue weighted by Gasteiger charge is 2.11. The molecule has 3 heteroatoms. The first-order valence-electron chi connectivity index (χ1n) is 3.86. The third-order valence-electron chi connectivity index (χ3n) is 1.62. The molecule has 0 aliphatic carbocycles. The zero-order valence-corrected chi connectivity index (χ0v) is 7.19. The van der Waals surface area contributed by atoms with E-state index in [0.29, 0.717) is 5.56 Å². The quantitative estimate of drug-likeness (QED) is 0.405. The fourth-order valence-corrected chi connectivity index (χ4v) is 0.916. The van der Waals surface area contributed by atoms with E-state index in [1.807, 2.05) is 13.8 Å². The van der Waals surface area contributed by atoms with Gasteiger partial charge < -0.3 is 0 Å². The van der Waals surface area contributed by atoms with E-state index in [9.17, 15) is 4.79 Å². The molecule has 64 valence electrons. The Morgan fingerprint density at radius 2 is 1.92 bits per heavy atom. The van der Waals surface area contributed by atoms with Crippen LogP contribution in [0.1, 0.15) is 24.2 Å². The molecule has 0 bridgehead atoms. The molecule has 0 spiro atoms. The lowest BCUT2D eigenvalue weighted by Gasteiger charge is -2.00. The van der Waals surface area contributed by atoms with Crippen LogP contribution in [-0.2, 0) is 0 Å². The van der Waals surface area contributed by atoms with E-state index in [1.54, 1.807) is 12.1 Å². The van der Waals surface area contributed by atoms with Crippen molar-refractivity contribution < 1.29 is 14.7 Å². The van der Waals surface area contributed by atoms with Crippen molar-refractivity contribution in [2.75, 3.05) is 0 Å². The molecular weight excluding hydrogens is 154 g/mol. The molecule has 3 nitrogen and oxygen atoms in total. The van der Waals surface area contributed by atoms with Crippen LogP contribution >= 0.6 is 0 Å². The minimum Gasteiger partial charge on any atom is -0.294 e. The summed E-state index contributed by atoms with van der Waals surface area (Å²) in [7, 11) is 0. The number of ketones is 1. The molecule has 1 rings (SSSR count). The monoisotopic (exact) mass is 166 g/mol. The average Bonchev–Trinajstić information content (AvgIpc) is 2.04. The topological polar surface area (TPSA) is 41.2 Å². The summed E-state index contributed by atoms with van der Waals surface area (Å²) in [4.78, 5) is 11.4. The summed E-state index contributed by atoms with van der Waals surface area (Å²) in [6.07, 6.45) is 2.88. The Bertz CT molecular complexity index is 277. The molecule has 0 aliphatic heterocycles. The van der Waals surface area contributed by atoms with Crippen molar-refractivity contribution in [1.29, 1.82) is 0 Å². The molecule has 0 aromatic carbocycles. The maximum absolute atomic E-state index is 11.4. The third-order valence-corrected chi connectivity index (χ3v) is 1.62. The lowest BCUT2D eigenvalue weighted by molar-refractivity contribution is -0.904. The molecule has 1 N–H and O–H groups in total. The van der Waals surface area contributed by atoms with E-state index in [0.717, 1.165) is 4.73 Å². The van der Waals surface area contributed by atoms with E-state index >= 15 is 0 Å². The van der Waals surface area contributed by atoms with Crippen molar-refractivity contribution in [1.82, 2.24) is 0 Å². The fraction of sp³-hybridized carbons (Fsp3) is 0.333. The van der Waals surface area contributed by atoms with E-state index in [2.05, 4.69) is 0 Å². The molecule has 0 aliphatic rings. The van der Waals surface area contributed by atoms with Gasteiger partial charge in [-0.2, -0.15) is 0 Å². The second-order valence-corrected chi connectivity index (χ2v) is 2.99. The minimum atomic E-state index is -0.000423. The average molecular weight is 166 g/mol. The summed E-state index contributed by atoms with van der Waals surface area (Å²) in [6.45, 7) is 3.70. The highest BCUT2D eigenvalue weighted by Crippen LogP contribution is 2.05. The number of carbonyl (C=O) groups is 1. The van der Waals surface area contributed by atoms with Crippen LogP contribution in [0, 0.1) is 5.92 Å². The summed E-state index contributed by atoms with van der Waals surface area (Å²) in [5.74, 6) is 0.0927. The van der Waals surface area contributed by atoms with Crippen molar-refractivity contribution in [3.05, 3.63) is 30.1 Å². The van der Waals surface area contributed by atoms with Crippen LogP contribution in [0.2, 0.25) is 0 Å². The van der Waals surface area contributed by atoms with E-state index in [4.69, 9.17) is 5.21 Å². The summed E-state index contributed by atoms with van der Waals surface area (Å²) in [6, 6.07) is 3.20. The molecule has 1 heterocycles. The summed E-state index contributed by atoms with van der Waals surface area (Å²) in [5, 5.41) is 8.88. The number of carbonyl (C=O) groups excluding carboxylic acids is 1. The molecule has 0 saturated carbocycles. The molecule has 1 aromatic rings. The van der Waals surface area contributed by atoms with Crippen LogP contribution in [0.4, 0.5) is 0 Å². The van der Waals surface area contributed by atoms with Gasteiger partial charge in [0.15, 0.2) is 5.78 Å². The normalized spacial score (nSPS) is 10.2. The molecule has 0 amide bonds. The van der Waals surface area contributed by atoms with E-state index in [1.165, 1.54) is 12.4 Å². The standard InChI is InChI=1S/C9H12NO2/c1-7(2)9(11)8-3-5-10(12)6-4-8/h3-7,12H,1-2H3/q+1. The summed E-state index contributed by atoms with van der Waals surface area (Å²) >= 11 is 0. The zero-order valence-electron chi connectivity index (χ0n) is 7.19. The predicted octanol–water partition coefficient (Wildman–Crippen LogP) is 1.05. The van der Waals surface area contributed by atoms with Gasteiger partial charge in [0, 0.05) is 28.3 Å². The van der Waals surface area contributed by atoms with Gasteiger partial charge >= 0.3 is 0 Å².